The van der Waals surface area contributed by atoms with Crippen LogP contribution >= 0.6 is 0 Å². The first-order chi connectivity index (χ1) is 16.4. The summed E-state index contributed by atoms with van der Waals surface area (Å²) < 4.78 is 42.0. The molecule has 1 aromatic heterocycles. The molecule has 174 valence electrons. The van der Waals surface area contributed by atoms with E-state index in [0.717, 1.165) is 10.8 Å². The van der Waals surface area contributed by atoms with Crippen molar-refractivity contribution in [3.8, 4) is 11.4 Å². The van der Waals surface area contributed by atoms with Crippen LogP contribution in [-0.2, 0) is 14.8 Å². The Labute approximate surface area is 195 Å². The first kappa shape index (κ1) is 22.1. The number of amides is 1. The van der Waals surface area contributed by atoms with Crippen LogP contribution in [0.1, 0.15) is 12.8 Å². The van der Waals surface area contributed by atoms with E-state index in [0.29, 0.717) is 18.4 Å². The number of rotatable bonds is 5. The molecule has 0 bridgehead atoms. The molecule has 1 fully saturated rings. The van der Waals surface area contributed by atoms with Crippen molar-refractivity contribution in [1.29, 1.82) is 0 Å². The van der Waals surface area contributed by atoms with E-state index >= 15 is 0 Å². The first-order valence-electron chi connectivity index (χ1n) is 10.7. The van der Waals surface area contributed by atoms with E-state index in [1.807, 2.05) is 24.3 Å². The van der Waals surface area contributed by atoms with Gasteiger partial charge in [0.05, 0.1) is 10.6 Å². The monoisotopic (exact) mass is 480 g/mol. The van der Waals surface area contributed by atoms with Gasteiger partial charge in [-0.1, -0.05) is 30.3 Å². The van der Waals surface area contributed by atoms with Crippen LogP contribution in [0.4, 0.5) is 10.1 Å². The predicted octanol–water partition coefficient (Wildman–Crippen LogP) is 3.20. The number of carbonyl (C=O) groups excluding carboxylic acids is 1. The molecule has 0 radical (unpaired) electrons. The molecule has 4 aromatic rings. The molecule has 0 saturated carbocycles. The Morgan fingerprint density at radius 2 is 1.79 bits per heavy atom. The Hall–Kier alpha value is -3.70. The number of nitrogens with zero attached hydrogens (tertiary/aromatic N) is 4. The summed E-state index contributed by atoms with van der Waals surface area (Å²) in [5.41, 5.74) is 0.514. The minimum absolute atomic E-state index is 0.0125. The molecule has 1 amide bonds. The number of halogens is 1. The molecule has 0 aliphatic carbocycles. The molecule has 0 unspecified atom stereocenters. The highest BCUT2D eigenvalue weighted by Gasteiger charge is 2.32. The maximum atomic E-state index is 14.3. The zero-order chi connectivity index (χ0) is 23.7. The summed E-state index contributed by atoms with van der Waals surface area (Å²) in [6.07, 6.45) is 0.676. The van der Waals surface area contributed by atoms with Crippen molar-refractivity contribution < 1.29 is 17.6 Å². The van der Waals surface area contributed by atoms with Gasteiger partial charge in [0.25, 0.3) is 0 Å². The van der Waals surface area contributed by atoms with Crippen molar-refractivity contribution in [2.45, 2.75) is 17.7 Å². The molecular weight excluding hydrogens is 459 g/mol. The normalized spacial score (nSPS) is 15.4. The van der Waals surface area contributed by atoms with Gasteiger partial charge in [0.15, 0.2) is 0 Å². The zero-order valence-corrected chi connectivity index (χ0v) is 18.8. The second kappa shape index (κ2) is 8.92. The predicted molar refractivity (Wildman–Crippen MR) is 124 cm³/mol. The van der Waals surface area contributed by atoms with E-state index in [1.165, 1.54) is 22.5 Å². The second-order valence-corrected chi connectivity index (χ2v) is 10.0. The fourth-order valence-corrected chi connectivity index (χ4v) is 5.62. The number of nitrogens with one attached hydrogen (secondary N) is 2. The van der Waals surface area contributed by atoms with Crippen molar-refractivity contribution in [3.63, 3.8) is 0 Å². The number of fused-ring (bicyclic) bond motifs is 1. The number of tetrazole rings is 1. The number of aromatic amines is 1. The quantitative estimate of drug-likeness (QED) is 0.453. The third-order valence-electron chi connectivity index (χ3n) is 6.01. The molecule has 5 rings (SSSR count). The van der Waals surface area contributed by atoms with Crippen molar-refractivity contribution in [2.24, 2.45) is 5.92 Å². The lowest BCUT2D eigenvalue weighted by molar-refractivity contribution is -0.120. The highest BCUT2D eigenvalue weighted by molar-refractivity contribution is 7.89. The van der Waals surface area contributed by atoms with Crippen LogP contribution in [0.25, 0.3) is 22.2 Å². The smallest absolute Gasteiger partial charge is 0.243 e. The first-order valence-corrected chi connectivity index (χ1v) is 12.2. The molecule has 2 N–H and O–H groups in total. The van der Waals surface area contributed by atoms with Gasteiger partial charge in [0.2, 0.25) is 21.8 Å². The number of H-pyrrole nitrogens is 1. The van der Waals surface area contributed by atoms with Crippen LogP contribution < -0.4 is 5.32 Å². The van der Waals surface area contributed by atoms with Gasteiger partial charge < -0.3 is 5.32 Å². The number of hydrogen-bond acceptors (Lipinski definition) is 6. The Balaban J connectivity index is 1.26. The van der Waals surface area contributed by atoms with Crippen molar-refractivity contribution in [1.82, 2.24) is 24.9 Å². The largest absolute Gasteiger partial charge is 0.323 e. The second-order valence-electron chi connectivity index (χ2n) is 8.11. The van der Waals surface area contributed by atoms with Crippen LogP contribution in [0, 0.1) is 11.7 Å². The number of benzene rings is 3. The van der Waals surface area contributed by atoms with E-state index in [9.17, 15) is 17.6 Å². The van der Waals surface area contributed by atoms with Gasteiger partial charge in [-0.2, -0.15) is 9.52 Å². The number of anilines is 1. The average Bonchev–Trinajstić information content (AvgIpc) is 3.40. The Morgan fingerprint density at radius 3 is 2.53 bits per heavy atom. The van der Waals surface area contributed by atoms with Crippen molar-refractivity contribution >= 4 is 32.4 Å². The summed E-state index contributed by atoms with van der Waals surface area (Å²) in [5, 5.41) is 17.9. The topological polar surface area (TPSA) is 121 Å². The molecule has 1 aliphatic heterocycles. The van der Waals surface area contributed by atoms with E-state index in [-0.39, 0.29) is 35.4 Å². The Morgan fingerprint density at radius 1 is 1.03 bits per heavy atom. The Bertz CT molecular complexity index is 1450. The highest BCUT2D eigenvalue weighted by atomic mass is 32.2. The standard InChI is InChI=1S/C23H21FN6O3S/c24-20-8-6-18(22-26-28-29-27-22)14-21(20)25-23(31)16-9-11-30(12-10-16)34(32,33)19-7-5-15-3-1-2-4-17(15)13-19/h1-8,13-14,16H,9-12H2,(H,25,31)(H,26,27,28,29). The molecule has 2 heterocycles. The minimum Gasteiger partial charge on any atom is -0.323 e. The summed E-state index contributed by atoms with van der Waals surface area (Å²) >= 11 is 0. The zero-order valence-electron chi connectivity index (χ0n) is 18.0. The maximum absolute atomic E-state index is 14.3. The molecule has 9 nitrogen and oxygen atoms in total. The molecule has 1 aliphatic rings. The van der Waals surface area contributed by atoms with E-state index in [1.54, 1.807) is 18.2 Å². The maximum Gasteiger partial charge on any atom is 0.243 e. The van der Waals surface area contributed by atoms with Gasteiger partial charge in [-0.05, 0) is 59.2 Å². The third-order valence-corrected chi connectivity index (χ3v) is 7.91. The molecule has 3 aromatic carbocycles. The average molecular weight is 481 g/mol. The summed E-state index contributed by atoms with van der Waals surface area (Å²) in [4.78, 5) is 13.0. The fourth-order valence-electron chi connectivity index (χ4n) is 4.11. The summed E-state index contributed by atoms with van der Waals surface area (Å²) in [5.74, 6) is -1.09. The summed E-state index contributed by atoms with van der Waals surface area (Å²) in [6, 6.07) is 16.8. The number of aromatic nitrogens is 4. The number of hydrogen-bond donors (Lipinski definition) is 2. The summed E-state index contributed by atoms with van der Waals surface area (Å²) in [6.45, 7) is 0.414. The lowest BCUT2D eigenvalue weighted by Crippen LogP contribution is -2.41. The molecule has 34 heavy (non-hydrogen) atoms. The number of carbonyl (C=O) groups is 1. The summed E-state index contributed by atoms with van der Waals surface area (Å²) in [7, 11) is -3.68. The van der Waals surface area contributed by atoms with E-state index < -0.39 is 21.8 Å². The molecule has 11 heteroatoms. The number of piperidine rings is 1. The fraction of sp³-hybridized carbons (Fsp3) is 0.217. The number of sulfonamides is 1. The van der Waals surface area contributed by atoms with Crippen LogP contribution in [-0.4, -0.2) is 52.3 Å². The van der Waals surface area contributed by atoms with Gasteiger partial charge >= 0.3 is 0 Å². The third kappa shape index (κ3) is 4.27. The highest BCUT2D eigenvalue weighted by Crippen LogP contribution is 2.28. The molecule has 1 saturated heterocycles. The van der Waals surface area contributed by atoms with Crippen LogP contribution in [0.15, 0.2) is 65.6 Å². The minimum atomic E-state index is -3.68. The van der Waals surface area contributed by atoms with Crippen LogP contribution in [0.2, 0.25) is 0 Å². The SMILES string of the molecule is O=C(Nc1cc(-c2nn[nH]n2)ccc1F)C1CCN(S(=O)(=O)c2ccc3ccccc3c2)CC1. The van der Waals surface area contributed by atoms with Gasteiger partial charge in [0.1, 0.15) is 5.82 Å². The van der Waals surface area contributed by atoms with Gasteiger partial charge in [-0.15, -0.1) is 10.2 Å². The van der Waals surface area contributed by atoms with E-state index in [4.69, 9.17) is 0 Å². The van der Waals surface area contributed by atoms with Gasteiger partial charge in [0, 0.05) is 24.6 Å². The molecule has 0 atom stereocenters. The van der Waals surface area contributed by atoms with Crippen LogP contribution in [0.5, 0.6) is 0 Å². The Kier molecular flexibility index (Phi) is 5.80. The van der Waals surface area contributed by atoms with Crippen molar-refractivity contribution in [2.75, 3.05) is 18.4 Å². The van der Waals surface area contributed by atoms with E-state index in [2.05, 4.69) is 25.9 Å². The lowest BCUT2D eigenvalue weighted by Gasteiger charge is -2.30. The lowest BCUT2D eigenvalue weighted by atomic mass is 9.97. The molecular formula is C23H21FN6O3S. The van der Waals surface area contributed by atoms with Crippen LogP contribution in [0.3, 0.4) is 0 Å². The van der Waals surface area contributed by atoms with Crippen molar-refractivity contribution in [3.05, 3.63) is 66.5 Å². The molecule has 0 spiro atoms. The van der Waals surface area contributed by atoms with Gasteiger partial charge in [-0.3, -0.25) is 4.79 Å². The van der Waals surface area contributed by atoms with Gasteiger partial charge in [-0.25, -0.2) is 12.8 Å².